The summed E-state index contributed by atoms with van der Waals surface area (Å²) < 4.78 is 77.4. The third kappa shape index (κ3) is 8.31. The second kappa shape index (κ2) is 15.4. The lowest BCUT2D eigenvalue weighted by atomic mass is 10.1. The highest BCUT2D eigenvalue weighted by Crippen LogP contribution is 2.58. The van der Waals surface area contributed by atoms with Gasteiger partial charge in [0.1, 0.15) is 42.3 Å². The highest BCUT2D eigenvalue weighted by atomic mass is 31.3. The molecule has 298 valence electrons. The van der Waals surface area contributed by atoms with E-state index in [1.54, 1.807) is 6.21 Å². The zero-order valence-corrected chi connectivity index (χ0v) is 31.3. The third-order valence-corrected chi connectivity index (χ3v) is 12.1. The molecule has 0 aliphatic carbocycles. The van der Waals surface area contributed by atoms with Crippen LogP contribution in [0.4, 0.5) is 11.8 Å². The van der Waals surface area contributed by atoms with Crippen LogP contribution in [-0.2, 0) is 45.8 Å². The number of hydrogen-bond donors (Lipinski definition) is 8. The quantitative estimate of drug-likeness (QED) is 0.0973. The summed E-state index contributed by atoms with van der Waals surface area (Å²) in [7, 11) is -13.7. The third-order valence-electron chi connectivity index (χ3n) is 8.59. The van der Waals surface area contributed by atoms with Gasteiger partial charge in [-0.2, -0.15) is 4.98 Å². The Morgan fingerprint density at radius 3 is 2.31 bits per heavy atom. The molecule has 6 heterocycles. The van der Waals surface area contributed by atoms with Crippen molar-refractivity contribution in [2.75, 3.05) is 32.7 Å². The number of ether oxygens (including phenoxy) is 3. The van der Waals surface area contributed by atoms with Crippen LogP contribution in [0.25, 0.3) is 16.9 Å². The first kappa shape index (κ1) is 40.4. The number of H-pyrrole nitrogens is 1. The zero-order valence-electron chi connectivity index (χ0n) is 28.6. The molecule has 10 N–H and O–H groups in total. The van der Waals surface area contributed by atoms with E-state index >= 15 is 0 Å². The molecule has 3 aliphatic heterocycles. The number of fused-ring (bicyclic) bond motifs is 2. The van der Waals surface area contributed by atoms with Crippen LogP contribution >= 0.6 is 23.2 Å². The Bertz CT molecular complexity index is 2150. The van der Waals surface area contributed by atoms with Crippen molar-refractivity contribution in [1.82, 2.24) is 29.1 Å². The number of nitrogens with zero attached hydrogens (tertiary/aromatic N) is 6. The molecular formula is C26H38N9O16P3. The molecule has 0 bridgehead atoms. The first-order valence-electron chi connectivity index (χ1n) is 16.0. The predicted octanol–water partition coefficient (Wildman–Crippen LogP) is -0.233. The lowest BCUT2D eigenvalue weighted by Gasteiger charge is -2.26. The molecule has 3 unspecified atom stereocenters. The molecule has 6 rings (SSSR count). The highest BCUT2D eigenvalue weighted by Gasteiger charge is 2.52. The molecule has 3 aromatic heterocycles. The smallest absolute Gasteiger partial charge is 0.397 e. The van der Waals surface area contributed by atoms with Crippen molar-refractivity contribution in [3.8, 4) is 0 Å². The second-order valence-electron chi connectivity index (χ2n) is 12.3. The first-order valence-corrected chi connectivity index (χ1v) is 21.0. The average Bonchev–Trinajstić information content (AvgIpc) is 3.82. The molecule has 3 aromatic rings. The number of nitrogens with one attached hydrogen (secondary N) is 1. The molecule has 0 radical (unpaired) electrons. The number of aliphatic hydroxyl groups is 2. The van der Waals surface area contributed by atoms with Gasteiger partial charge in [0.05, 0.1) is 31.6 Å². The number of phosphoric acid groups is 2. The van der Waals surface area contributed by atoms with Crippen LogP contribution in [0.3, 0.4) is 0 Å². The largest absolute Gasteiger partial charge is 0.479 e. The summed E-state index contributed by atoms with van der Waals surface area (Å²) in [5.74, 6) is -0.0312. The van der Waals surface area contributed by atoms with E-state index in [9.17, 15) is 43.4 Å². The molecule has 0 saturated carbocycles. The topological polar surface area (TPSA) is 363 Å². The van der Waals surface area contributed by atoms with Crippen molar-refractivity contribution < 1.29 is 70.7 Å². The number of aromatic nitrogens is 6. The monoisotopic (exact) mass is 825 g/mol. The lowest BCUT2D eigenvalue weighted by Crippen LogP contribution is -2.38. The number of nitrogens with two attached hydrogens (primary N) is 2. The molecule has 0 spiro atoms. The van der Waals surface area contributed by atoms with E-state index in [1.807, 2.05) is 6.92 Å². The van der Waals surface area contributed by atoms with E-state index in [-0.39, 0.29) is 22.9 Å². The Balaban J connectivity index is 1.23. The molecule has 2 fully saturated rings. The summed E-state index contributed by atoms with van der Waals surface area (Å²) in [4.78, 5) is 61.7. The van der Waals surface area contributed by atoms with E-state index in [4.69, 9.17) is 39.2 Å². The standard InChI is InChI=1S/C26H38N9O16P3/c1-4-11-5-6-29-21-15(14(11)27)30-9-34(21)25-20(45-2)19(13(49-25)8-47-54(43,44)51-52(3,39)40)50-53(41,42)46-7-12-17(36)18(37)24(48-12)35-10-31-16-22(35)32-26(28)33-23(16)38/h6,9-10,12-13,17-20,24-25,36-37H,4-5,7-8,27H2,1-3H3,(H,39,40)(H,41,42)(H,43,44)(H3,28,32,33,38)/t12-,13-,17-,18-,19-,20-,24-,25-/m1/s1. The number of phosphoric ester groups is 2. The summed E-state index contributed by atoms with van der Waals surface area (Å²) in [6.07, 6.45) is -6.89. The Hall–Kier alpha value is -3.22. The predicted molar refractivity (Wildman–Crippen MR) is 183 cm³/mol. The Morgan fingerprint density at radius 1 is 0.963 bits per heavy atom. The zero-order chi connectivity index (χ0) is 39.3. The van der Waals surface area contributed by atoms with Crippen molar-refractivity contribution in [3.63, 3.8) is 0 Å². The van der Waals surface area contributed by atoms with Crippen LogP contribution in [0.1, 0.15) is 37.9 Å². The van der Waals surface area contributed by atoms with Gasteiger partial charge in [0.15, 0.2) is 29.4 Å². The number of imidazole rings is 2. The molecule has 11 atom stereocenters. The van der Waals surface area contributed by atoms with Crippen molar-refractivity contribution in [2.45, 2.75) is 68.8 Å². The maximum atomic E-state index is 13.5. The molecule has 0 aromatic carbocycles. The number of methoxy groups -OCH3 is 1. The molecule has 0 amide bonds. The van der Waals surface area contributed by atoms with Gasteiger partial charge in [-0.1, -0.05) is 6.92 Å². The van der Waals surface area contributed by atoms with Crippen LogP contribution in [-0.4, -0.2) is 124 Å². The number of rotatable bonds is 14. The number of aliphatic imine (C=N–C) groups is 1. The maximum Gasteiger partial charge on any atom is 0.479 e. The fourth-order valence-corrected chi connectivity index (χ4v) is 9.13. The summed E-state index contributed by atoms with van der Waals surface area (Å²) in [5, 5.41) is 21.5. The fraction of sp³-hybridized carbons (Fsp3) is 0.577. The number of allylic oxidation sites excluding steroid dienone is 1. The Kier molecular flexibility index (Phi) is 11.5. The van der Waals surface area contributed by atoms with Crippen LogP contribution in [0.15, 0.2) is 28.0 Å². The molecular weight excluding hydrogens is 787 g/mol. The SMILES string of the molecule is CCC1=C(N)c2ncn([C@@H]3O[C@H](COP(=O)(O)OP(C)(=O)O)[C@@H](OP(=O)(O)OC[C@H]4O[C@@H](n5cnc6c(=O)[nH]c(N)nc65)[C@H](O)[C@@H]4O)[C@H]3OC)c2N=CC1. The number of hydrogen-bond acceptors (Lipinski definition) is 19. The average molecular weight is 826 g/mol. The van der Waals surface area contributed by atoms with E-state index in [0.29, 0.717) is 30.9 Å². The molecule has 28 heteroatoms. The molecule has 2 saturated heterocycles. The van der Waals surface area contributed by atoms with E-state index in [0.717, 1.165) is 16.5 Å². The van der Waals surface area contributed by atoms with Gasteiger partial charge >= 0.3 is 23.2 Å². The van der Waals surface area contributed by atoms with Crippen LogP contribution in [0.5, 0.6) is 0 Å². The van der Waals surface area contributed by atoms with Gasteiger partial charge in [0, 0.05) is 26.4 Å². The highest BCUT2D eigenvalue weighted by molar-refractivity contribution is 7.63. The Morgan fingerprint density at radius 2 is 1.63 bits per heavy atom. The van der Waals surface area contributed by atoms with Gasteiger partial charge < -0.3 is 50.6 Å². The minimum atomic E-state index is -5.22. The van der Waals surface area contributed by atoms with Crippen LogP contribution in [0.2, 0.25) is 0 Å². The van der Waals surface area contributed by atoms with Crippen molar-refractivity contribution in [3.05, 3.63) is 34.3 Å². The van der Waals surface area contributed by atoms with E-state index < -0.39 is 91.1 Å². The molecule has 25 nitrogen and oxygen atoms in total. The summed E-state index contributed by atoms with van der Waals surface area (Å²) in [6.45, 7) is 0.798. The van der Waals surface area contributed by atoms with Crippen molar-refractivity contribution >= 4 is 58.1 Å². The van der Waals surface area contributed by atoms with Gasteiger partial charge in [0.25, 0.3) is 5.56 Å². The number of aromatic amines is 1. The van der Waals surface area contributed by atoms with Gasteiger partial charge in [0.2, 0.25) is 5.95 Å². The fourth-order valence-electron chi connectivity index (χ4n) is 6.12. The van der Waals surface area contributed by atoms with Gasteiger partial charge in [-0.05, 0) is 12.0 Å². The first-order chi connectivity index (χ1) is 25.3. The summed E-state index contributed by atoms with van der Waals surface area (Å²) in [5.41, 5.74) is 12.7. The normalized spacial score (nSPS) is 30.6. The second-order valence-corrected chi connectivity index (χ2v) is 17.1. The summed E-state index contributed by atoms with van der Waals surface area (Å²) >= 11 is 0. The number of nitrogen functional groups attached to an aromatic ring is 1. The number of anilines is 1. The van der Waals surface area contributed by atoms with Crippen LogP contribution < -0.4 is 17.0 Å². The van der Waals surface area contributed by atoms with Crippen molar-refractivity contribution in [1.29, 1.82) is 0 Å². The molecule has 54 heavy (non-hydrogen) atoms. The van der Waals surface area contributed by atoms with Crippen molar-refractivity contribution in [2.24, 2.45) is 10.7 Å². The van der Waals surface area contributed by atoms with Gasteiger partial charge in [-0.15, -0.1) is 0 Å². The van der Waals surface area contributed by atoms with Gasteiger partial charge in [-0.25, -0.2) is 28.4 Å². The minimum Gasteiger partial charge on any atom is -0.397 e. The van der Waals surface area contributed by atoms with Crippen LogP contribution in [0, 0.1) is 0 Å². The minimum absolute atomic E-state index is 0.0801. The lowest BCUT2D eigenvalue weighted by molar-refractivity contribution is -0.0586. The Labute approximate surface area is 304 Å². The molecule has 3 aliphatic rings. The maximum absolute atomic E-state index is 13.5. The number of aliphatic hydroxyl groups excluding tert-OH is 2. The van der Waals surface area contributed by atoms with E-state index in [1.165, 1.54) is 18.0 Å². The van der Waals surface area contributed by atoms with E-state index in [2.05, 4.69) is 29.2 Å². The van der Waals surface area contributed by atoms with Gasteiger partial charge in [-0.3, -0.25) is 37.0 Å². The summed E-state index contributed by atoms with van der Waals surface area (Å²) in [6, 6.07) is 0.